The van der Waals surface area contributed by atoms with Gasteiger partial charge in [-0.05, 0) is 13.8 Å². The van der Waals surface area contributed by atoms with Gasteiger partial charge in [-0.25, -0.2) is 4.79 Å². The number of carbonyl (C=O) groups is 1. The zero-order chi connectivity index (χ0) is 11.9. The molecule has 16 heavy (non-hydrogen) atoms. The molecule has 0 radical (unpaired) electrons. The van der Waals surface area contributed by atoms with E-state index in [0.717, 1.165) is 10.6 Å². The van der Waals surface area contributed by atoms with Crippen molar-refractivity contribution in [3.05, 3.63) is 32.4 Å². The third-order valence-corrected chi connectivity index (χ3v) is 3.49. The van der Waals surface area contributed by atoms with Crippen molar-refractivity contribution in [3.63, 3.8) is 0 Å². The van der Waals surface area contributed by atoms with E-state index in [-0.39, 0.29) is 5.43 Å². The number of hydrogen-bond donors (Lipinski definition) is 1. The van der Waals surface area contributed by atoms with Crippen LogP contribution in [-0.2, 0) is 4.74 Å². The summed E-state index contributed by atoms with van der Waals surface area (Å²) in [5, 5.41) is 0. The number of thiophene rings is 1. The number of aromatic amines is 1. The molecule has 2 aromatic rings. The average Bonchev–Trinajstić information content (AvgIpc) is 2.54. The lowest BCUT2D eigenvalue weighted by Gasteiger charge is -1.99. The Morgan fingerprint density at radius 3 is 2.75 bits per heavy atom. The van der Waals surface area contributed by atoms with E-state index in [2.05, 4.69) is 4.98 Å². The van der Waals surface area contributed by atoms with E-state index < -0.39 is 5.97 Å². The van der Waals surface area contributed by atoms with Crippen LogP contribution in [0.3, 0.4) is 0 Å². The number of rotatable bonds is 1. The molecule has 0 aliphatic heterocycles. The van der Waals surface area contributed by atoms with Crippen LogP contribution in [0.5, 0.6) is 0 Å². The first-order chi connectivity index (χ1) is 7.54. The van der Waals surface area contributed by atoms with Gasteiger partial charge in [0.05, 0.1) is 22.9 Å². The summed E-state index contributed by atoms with van der Waals surface area (Å²) in [6.45, 7) is 3.59. The fraction of sp³-hybridized carbons (Fsp3) is 0.273. The Morgan fingerprint density at radius 2 is 2.12 bits per heavy atom. The summed E-state index contributed by atoms with van der Waals surface area (Å²) in [5.74, 6) is -0.412. The maximum atomic E-state index is 11.7. The van der Waals surface area contributed by atoms with Crippen LogP contribution in [-0.4, -0.2) is 18.1 Å². The quantitative estimate of drug-likeness (QED) is 0.772. The molecule has 0 atom stereocenters. The first-order valence-corrected chi connectivity index (χ1v) is 5.57. The molecule has 0 saturated heterocycles. The van der Waals surface area contributed by atoms with Crippen molar-refractivity contribution in [1.82, 2.24) is 4.98 Å². The van der Waals surface area contributed by atoms with E-state index in [1.54, 1.807) is 13.8 Å². The van der Waals surface area contributed by atoms with Gasteiger partial charge in [0, 0.05) is 16.6 Å². The van der Waals surface area contributed by atoms with E-state index in [1.165, 1.54) is 24.5 Å². The van der Waals surface area contributed by atoms with Crippen LogP contribution < -0.4 is 5.43 Å². The molecule has 0 aromatic carbocycles. The molecule has 0 bridgehead atoms. The Bertz CT molecular complexity index is 624. The van der Waals surface area contributed by atoms with Crippen molar-refractivity contribution < 1.29 is 9.53 Å². The number of hydrogen-bond acceptors (Lipinski definition) is 4. The largest absolute Gasteiger partial charge is 0.465 e. The summed E-state index contributed by atoms with van der Waals surface area (Å²) < 4.78 is 5.28. The molecule has 0 fully saturated rings. The van der Waals surface area contributed by atoms with E-state index in [0.29, 0.717) is 15.8 Å². The fourth-order valence-electron chi connectivity index (χ4n) is 1.68. The van der Waals surface area contributed by atoms with Crippen LogP contribution in [0.15, 0.2) is 10.9 Å². The predicted molar refractivity (Wildman–Crippen MR) is 63.3 cm³/mol. The summed E-state index contributed by atoms with van der Waals surface area (Å²) in [6.07, 6.45) is 0. The summed E-state index contributed by atoms with van der Waals surface area (Å²) in [7, 11) is 1.33. The van der Waals surface area contributed by atoms with E-state index in [1.807, 2.05) is 0 Å². The number of pyridine rings is 1. The lowest BCUT2D eigenvalue weighted by atomic mass is 10.2. The molecule has 0 aliphatic carbocycles. The van der Waals surface area contributed by atoms with E-state index in [9.17, 15) is 9.59 Å². The first kappa shape index (κ1) is 10.9. The Balaban J connectivity index is 2.89. The van der Waals surface area contributed by atoms with Gasteiger partial charge in [-0.15, -0.1) is 11.3 Å². The highest BCUT2D eigenvalue weighted by atomic mass is 32.1. The molecular weight excluding hydrogens is 226 g/mol. The van der Waals surface area contributed by atoms with Crippen molar-refractivity contribution in [3.8, 4) is 0 Å². The lowest BCUT2D eigenvalue weighted by Crippen LogP contribution is -2.05. The Kier molecular flexibility index (Phi) is 2.55. The molecule has 0 saturated carbocycles. The highest BCUT2D eigenvalue weighted by Gasteiger charge is 2.19. The number of esters is 1. The highest BCUT2D eigenvalue weighted by Crippen LogP contribution is 2.27. The Labute approximate surface area is 95.9 Å². The standard InChI is InChI=1S/C11H11NO3S/c1-5-4-7(13)10-9(12-5)8(6(2)16-10)11(14)15-3/h4H,1-3H3,(H,12,13). The first-order valence-electron chi connectivity index (χ1n) is 4.76. The second-order valence-corrected chi connectivity index (χ2v) is 4.77. The lowest BCUT2D eigenvalue weighted by molar-refractivity contribution is 0.0602. The summed E-state index contributed by atoms with van der Waals surface area (Å²) in [4.78, 5) is 27.1. The van der Waals surface area contributed by atoms with Crippen molar-refractivity contribution in [2.45, 2.75) is 13.8 Å². The molecule has 0 spiro atoms. The number of nitrogens with one attached hydrogen (secondary N) is 1. The monoisotopic (exact) mass is 237 g/mol. The van der Waals surface area contributed by atoms with E-state index in [4.69, 9.17) is 4.74 Å². The number of H-pyrrole nitrogens is 1. The van der Waals surface area contributed by atoms with Crippen molar-refractivity contribution in [2.24, 2.45) is 0 Å². The van der Waals surface area contributed by atoms with Crippen LogP contribution >= 0.6 is 11.3 Å². The molecule has 2 rings (SSSR count). The van der Waals surface area contributed by atoms with Gasteiger partial charge in [-0.2, -0.15) is 0 Å². The molecule has 0 amide bonds. The topological polar surface area (TPSA) is 59.2 Å². The molecule has 5 heteroatoms. The number of ether oxygens (including phenoxy) is 1. The van der Waals surface area contributed by atoms with Crippen LogP contribution in [0.1, 0.15) is 20.9 Å². The summed E-state index contributed by atoms with van der Waals surface area (Å²) in [5.41, 5.74) is 1.72. The summed E-state index contributed by atoms with van der Waals surface area (Å²) in [6, 6.07) is 1.53. The van der Waals surface area contributed by atoms with Gasteiger partial charge >= 0.3 is 5.97 Å². The van der Waals surface area contributed by atoms with Gasteiger partial charge in [0.15, 0.2) is 5.43 Å². The van der Waals surface area contributed by atoms with Crippen molar-refractivity contribution in [1.29, 1.82) is 0 Å². The highest BCUT2D eigenvalue weighted by molar-refractivity contribution is 7.19. The number of aromatic nitrogens is 1. The molecule has 2 heterocycles. The maximum Gasteiger partial charge on any atom is 0.341 e. The number of aryl methyl sites for hydroxylation is 2. The molecule has 2 aromatic heterocycles. The van der Waals surface area contributed by atoms with Crippen molar-refractivity contribution in [2.75, 3.05) is 7.11 Å². The zero-order valence-electron chi connectivity index (χ0n) is 9.21. The van der Waals surface area contributed by atoms with Gasteiger partial charge in [0.2, 0.25) is 0 Å². The van der Waals surface area contributed by atoms with E-state index >= 15 is 0 Å². The minimum absolute atomic E-state index is 0.0606. The molecule has 0 unspecified atom stereocenters. The number of methoxy groups -OCH3 is 1. The third-order valence-electron chi connectivity index (χ3n) is 2.37. The van der Waals surface area contributed by atoms with Gasteiger partial charge < -0.3 is 9.72 Å². The maximum absolute atomic E-state index is 11.7. The number of fused-ring (bicyclic) bond motifs is 1. The molecule has 0 aliphatic rings. The van der Waals surface area contributed by atoms with Gasteiger partial charge in [0.1, 0.15) is 0 Å². The summed E-state index contributed by atoms with van der Waals surface area (Å²) >= 11 is 1.31. The third kappa shape index (κ3) is 1.53. The smallest absolute Gasteiger partial charge is 0.341 e. The minimum Gasteiger partial charge on any atom is -0.465 e. The Morgan fingerprint density at radius 1 is 1.44 bits per heavy atom. The SMILES string of the molecule is COC(=O)c1c(C)sc2c(=O)cc(C)[nH]c12. The van der Waals surface area contributed by atoms with Gasteiger partial charge in [0.25, 0.3) is 0 Å². The fourth-order valence-corrected chi connectivity index (χ4v) is 2.69. The average molecular weight is 237 g/mol. The van der Waals surface area contributed by atoms with Crippen LogP contribution in [0.4, 0.5) is 0 Å². The molecule has 4 nitrogen and oxygen atoms in total. The van der Waals surface area contributed by atoms with Crippen LogP contribution in [0, 0.1) is 13.8 Å². The second-order valence-electron chi connectivity index (χ2n) is 3.55. The minimum atomic E-state index is -0.412. The molecular formula is C11H11NO3S. The zero-order valence-corrected chi connectivity index (χ0v) is 10.0. The van der Waals surface area contributed by atoms with Crippen LogP contribution in [0.2, 0.25) is 0 Å². The van der Waals surface area contributed by atoms with Gasteiger partial charge in [-0.1, -0.05) is 0 Å². The van der Waals surface area contributed by atoms with Crippen molar-refractivity contribution >= 4 is 27.5 Å². The van der Waals surface area contributed by atoms with Gasteiger partial charge in [-0.3, -0.25) is 4.79 Å². The predicted octanol–water partition coefficient (Wildman–Crippen LogP) is 1.99. The molecule has 1 N–H and O–H groups in total. The number of carbonyl (C=O) groups excluding carboxylic acids is 1. The Hall–Kier alpha value is -1.62. The second kappa shape index (κ2) is 3.75. The van der Waals surface area contributed by atoms with Crippen LogP contribution in [0.25, 0.3) is 10.2 Å². The molecule has 84 valence electrons. The normalized spacial score (nSPS) is 10.7.